The minimum Gasteiger partial charge on any atom is -0.480 e. The van der Waals surface area contributed by atoms with Crippen LogP contribution < -0.4 is 44.6 Å². The topological polar surface area (TPSA) is 284 Å². The van der Waals surface area contributed by atoms with Crippen molar-refractivity contribution in [3.05, 3.63) is 0 Å². The van der Waals surface area contributed by atoms with Gasteiger partial charge in [0, 0.05) is 18.7 Å². The summed E-state index contributed by atoms with van der Waals surface area (Å²) < 4.78 is 0. The van der Waals surface area contributed by atoms with E-state index >= 15 is 0 Å². The zero-order valence-corrected chi connectivity index (χ0v) is 21.0. The van der Waals surface area contributed by atoms with Crippen LogP contribution in [0, 0.1) is 0 Å². The monoisotopic (exact) mass is 533 g/mol. The Balaban J connectivity index is 5.56. The van der Waals surface area contributed by atoms with Gasteiger partial charge in [0.05, 0.1) is 6.04 Å². The lowest BCUT2D eigenvalue weighted by Gasteiger charge is -2.25. The maximum Gasteiger partial charge on any atom is 0.326 e. The van der Waals surface area contributed by atoms with Crippen LogP contribution in [0.2, 0.25) is 0 Å². The standard InChI is InChI=1S/C20H39N9O6S/c21-8-2-1-4-12(18(33)29-14(19(34)35)6-7-15(23)30)28-17(32)13(5-3-9-26-20(24)25)27-16(31)11(22)10-36/h11-14,36H,1-10,21-22H2,(H2,23,30)(H,27,31)(H,28,32)(H,29,33)(H,34,35)(H4,24,25,26). The van der Waals surface area contributed by atoms with Crippen molar-refractivity contribution in [1.82, 2.24) is 16.0 Å². The van der Waals surface area contributed by atoms with E-state index in [0.29, 0.717) is 25.8 Å². The second-order valence-corrected chi connectivity index (χ2v) is 8.41. The van der Waals surface area contributed by atoms with Crippen LogP contribution in [-0.2, 0) is 24.0 Å². The molecule has 4 amide bonds. The number of nitrogens with zero attached hydrogens (tertiary/aromatic N) is 1. The Bertz CT molecular complexity index is 779. The van der Waals surface area contributed by atoms with Crippen LogP contribution in [0.3, 0.4) is 0 Å². The number of carbonyl (C=O) groups excluding carboxylic acids is 4. The van der Waals surface area contributed by atoms with Gasteiger partial charge in [-0.2, -0.15) is 12.6 Å². The number of unbranched alkanes of at least 4 members (excludes halogenated alkanes) is 1. The number of hydrogen-bond donors (Lipinski definition) is 10. The summed E-state index contributed by atoms with van der Waals surface area (Å²) in [6.07, 6.45) is 1.15. The van der Waals surface area contributed by atoms with E-state index in [9.17, 15) is 29.1 Å². The normalized spacial score (nSPS) is 14.0. The van der Waals surface area contributed by atoms with Crippen molar-refractivity contribution in [3.8, 4) is 0 Å². The van der Waals surface area contributed by atoms with Gasteiger partial charge in [-0.15, -0.1) is 0 Å². The number of guanidine groups is 1. The van der Waals surface area contributed by atoms with Crippen molar-refractivity contribution in [2.45, 2.75) is 69.1 Å². The Morgan fingerprint density at radius 2 is 1.33 bits per heavy atom. The largest absolute Gasteiger partial charge is 0.480 e. The molecule has 4 unspecified atom stereocenters. The van der Waals surface area contributed by atoms with Gasteiger partial charge < -0.3 is 49.7 Å². The van der Waals surface area contributed by atoms with Crippen LogP contribution in [0.25, 0.3) is 0 Å². The highest BCUT2D eigenvalue weighted by Crippen LogP contribution is 2.07. The molecule has 14 N–H and O–H groups in total. The smallest absolute Gasteiger partial charge is 0.326 e. The second kappa shape index (κ2) is 18.2. The van der Waals surface area contributed by atoms with E-state index in [-0.39, 0.29) is 43.9 Å². The summed E-state index contributed by atoms with van der Waals surface area (Å²) in [5.74, 6) is -4.23. The highest BCUT2D eigenvalue weighted by atomic mass is 32.1. The van der Waals surface area contributed by atoms with Gasteiger partial charge in [0.25, 0.3) is 0 Å². The van der Waals surface area contributed by atoms with Crippen molar-refractivity contribution in [1.29, 1.82) is 0 Å². The number of nitrogens with one attached hydrogen (secondary N) is 3. The van der Waals surface area contributed by atoms with Crippen LogP contribution in [0.15, 0.2) is 4.99 Å². The van der Waals surface area contributed by atoms with Gasteiger partial charge in [-0.3, -0.25) is 24.2 Å². The Morgan fingerprint density at radius 1 is 0.806 bits per heavy atom. The number of amides is 4. The molecule has 0 fully saturated rings. The number of rotatable bonds is 19. The van der Waals surface area contributed by atoms with Crippen LogP contribution in [0.4, 0.5) is 0 Å². The molecule has 0 rings (SSSR count). The molecule has 0 aromatic rings. The van der Waals surface area contributed by atoms with Gasteiger partial charge in [-0.1, -0.05) is 0 Å². The maximum atomic E-state index is 13.0. The number of nitrogens with two attached hydrogens (primary N) is 5. The van der Waals surface area contributed by atoms with Crippen molar-refractivity contribution in [3.63, 3.8) is 0 Å². The molecular formula is C20H39N9O6S. The molecule has 206 valence electrons. The fourth-order valence-corrected chi connectivity index (χ4v) is 3.15. The first kappa shape index (κ1) is 32.9. The van der Waals surface area contributed by atoms with Crippen LogP contribution in [0.1, 0.15) is 44.9 Å². The number of carboxylic acid groups (broad SMARTS) is 1. The molecule has 0 saturated heterocycles. The summed E-state index contributed by atoms with van der Waals surface area (Å²) in [6, 6.07) is -4.56. The zero-order valence-electron chi connectivity index (χ0n) is 20.2. The molecule has 16 heteroatoms. The van der Waals surface area contributed by atoms with Crippen LogP contribution >= 0.6 is 12.6 Å². The van der Waals surface area contributed by atoms with Gasteiger partial charge in [-0.25, -0.2) is 4.79 Å². The molecule has 4 atom stereocenters. The van der Waals surface area contributed by atoms with Gasteiger partial charge >= 0.3 is 5.97 Å². The Hall–Kier alpha value is -3.11. The summed E-state index contributed by atoms with van der Waals surface area (Å²) >= 11 is 3.97. The second-order valence-electron chi connectivity index (χ2n) is 8.05. The summed E-state index contributed by atoms with van der Waals surface area (Å²) in [4.78, 5) is 64.6. The Morgan fingerprint density at radius 3 is 1.81 bits per heavy atom. The fraction of sp³-hybridized carbons (Fsp3) is 0.700. The molecule has 0 aromatic carbocycles. The molecular weight excluding hydrogens is 494 g/mol. The number of hydrogen-bond acceptors (Lipinski definition) is 9. The quantitative estimate of drug-likeness (QED) is 0.0334. The molecule has 0 aliphatic heterocycles. The summed E-state index contributed by atoms with van der Waals surface area (Å²) in [6.45, 7) is 0.547. The maximum absolute atomic E-state index is 13.0. The van der Waals surface area contributed by atoms with E-state index in [1.807, 2.05) is 0 Å². The van der Waals surface area contributed by atoms with E-state index in [4.69, 9.17) is 28.7 Å². The third kappa shape index (κ3) is 14.3. The molecule has 0 radical (unpaired) electrons. The molecule has 0 aliphatic carbocycles. The molecule has 0 aliphatic rings. The molecule has 36 heavy (non-hydrogen) atoms. The number of carboxylic acids is 1. The fourth-order valence-electron chi connectivity index (χ4n) is 2.98. The average molecular weight is 534 g/mol. The van der Waals surface area contributed by atoms with E-state index < -0.39 is 53.8 Å². The predicted molar refractivity (Wildman–Crippen MR) is 137 cm³/mol. The zero-order chi connectivity index (χ0) is 27.7. The number of aliphatic carboxylic acids is 1. The molecule has 15 nitrogen and oxygen atoms in total. The molecule has 0 saturated carbocycles. The lowest BCUT2D eigenvalue weighted by Crippen LogP contribution is -2.57. The predicted octanol–water partition coefficient (Wildman–Crippen LogP) is -3.77. The third-order valence-electron chi connectivity index (χ3n) is 4.99. The first-order valence-electron chi connectivity index (χ1n) is 11.5. The first-order valence-corrected chi connectivity index (χ1v) is 12.1. The minimum atomic E-state index is -1.39. The van der Waals surface area contributed by atoms with Gasteiger partial charge in [0.1, 0.15) is 18.1 Å². The molecule has 0 aromatic heterocycles. The van der Waals surface area contributed by atoms with Crippen molar-refractivity contribution >= 4 is 48.2 Å². The van der Waals surface area contributed by atoms with Crippen LogP contribution in [0.5, 0.6) is 0 Å². The first-order chi connectivity index (χ1) is 16.9. The SMILES string of the molecule is NCCCCC(NC(=O)C(CCCN=C(N)N)NC(=O)C(N)CS)C(=O)NC(CCC(N)=O)C(=O)O. The molecule has 0 bridgehead atoms. The Kier molecular flexibility index (Phi) is 16.6. The average Bonchev–Trinajstić information content (AvgIpc) is 2.81. The minimum absolute atomic E-state index is 0.0418. The number of primary amides is 1. The molecule has 0 heterocycles. The van der Waals surface area contributed by atoms with Crippen LogP contribution in [-0.4, -0.2) is 83.7 Å². The van der Waals surface area contributed by atoms with E-state index in [2.05, 4.69) is 33.6 Å². The lowest BCUT2D eigenvalue weighted by molar-refractivity contribution is -0.142. The van der Waals surface area contributed by atoms with E-state index in [0.717, 1.165) is 0 Å². The summed E-state index contributed by atoms with van der Waals surface area (Å²) in [5, 5.41) is 16.8. The van der Waals surface area contributed by atoms with Crippen molar-refractivity contribution in [2.75, 3.05) is 18.8 Å². The highest BCUT2D eigenvalue weighted by molar-refractivity contribution is 7.80. The highest BCUT2D eigenvalue weighted by Gasteiger charge is 2.30. The summed E-state index contributed by atoms with van der Waals surface area (Å²) in [7, 11) is 0. The summed E-state index contributed by atoms with van der Waals surface area (Å²) in [5.41, 5.74) is 26.9. The van der Waals surface area contributed by atoms with Gasteiger partial charge in [0.15, 0.2) is 5.96 Å². The third-order valence-corrected chi connectivity index (χ3v) is 5.38. The lowest BCUT2D eigenvalue weighted by atomic mass is 10.0. The number of carbonyl (C=O) groups is 5. The Labute approximate surface area is 215 Å². The van der Waals surface area contributed by atoms with Gasteiger partial charge in [0.2, 0.25) is 23.6 Å². The van der Waals surface area contributed by atoms with Crippen molar-refractivity contribution in [2.24, 2.45) is 33.7 Å². The van der Waals surface area contributed by atoms with Gasteiger partial charge in [-0.05, 0) is 45.1 Å². The number of aliphatic imine (C=N–C) groups is 1. The van der Waals surface area contributed by atoms with E-state index in [1.165, 1.54) is 0 Å². The van der Waals surface area contributed by atoms with Crippen molar-refractivity contribution < 1.29 is 29.1 Å². The number of thiol groups is 1. The van der Waals surface area contributed by atoms with E-state index in [1.54, 1.807) is 0 Å². The molecule has 0 spiro atoms.